The minimum Gasteiger partial charge on any atom is -0.326 e. The standard InChI is InChI=1S/C19H19N3O3/c23-17(20-15-9-5-2-6-10-15)13-22-18(24)16(21-19(22)25)12-11-14-7-3-1-4-8-14/h1-10,16H,11-13H2,(H,20,23)(H,21,25)/t16-/m0/s1. The number of carbonyl (C=O) groups is 3. The van der Waals surface area contributed by atoms with Gasteiger partial charge in [-0.3, -0.25) is 14.5 Å². The maximum absolute atomic E-state index is 12.4. The van der Waals surface area contributed by atoms with Crippen molar-refractivity contribution < 1.29 is 14.4 Å². The fourth-order valence-corrected chi connectivity index (χ4v) is 2.74. The highest BCUT2D eigenvalue weighted by molar-refractivity contribution is 6.07. The Kier molecular flexibility index (Phi) is 5.09. The summed E-state index contributed by atoms with van der Waals surface area (Å²) in [5.74, 6) is -0.762. The van der Waals surface area contributed by atoms with Crippen LogP contribution in [-0.4, -0.2) is 35.3 Å². The molecule has 1 saturated heterocycles. The Morgan fingerprint density at radius 1 is 1.00 bits per heavy atom. The number of nitrogens with one attached hydrogen (secondary N) is 2. The Morgan fingerprint density at radius 2 is 1.64 bits per heavy atom. The molecule has 25 heavy (non-hydrogen) atoms. The maximum Gasteiger partial charge on any atom is 0.325 e. The molecule has 128 valence electrons. The van der Waals surface area contributed by atoms with E-state index in [2.05, 4.69) is 10.6 Å². The summed E-state index contributed by atoms with van der Waals surface area (Å²) in [4.78, 5) is 37.4. The summed E-state index contributed by atoms with van der Waals surface area (Å²) in [5, 5.41) is 5.32. The highest BCUT2D eigenvalue weighted by Gasteiger charge is 2.38. The number of carbonyl (C=O) groups excluding carboxylic acids is 3. The molecule has 0 unspecified atom stereocenters. The van der Waals surface area contributed by atoms with E-state index in [0.29, 0.717) is 18.5 Å². The molecular formula is C19H19N3O3. The fraction of sp³-hybridized carbons (Fsp3) is 0.211. The molecule has 0 saturated carbocycles. The van der Waals surface area contributed by atoms with Gasteiger partial charge in [0.1, 0.15) is 12.6 Å². The highest BCUT2D eigenvalue weighted by Crippen LogP contribution is 2.13. The van der Waals surface area contributed by atoms with Crippen molar-refractivity contribution in [3.8, 4) is 0 Å². The molecule has 1 aliphatic heterocycles. The van der Waals surface area contributed by atoms with Crippen molar-refractivity contribution in [3.05, 3.63) is 66.2 Å². The minimum absolute atomic E-state index is 0.290. The van der Waals surface area contributed by atoms with Crippen LogP contribution in [0.1, 0.15) is 12.0 Å². The summed E-state index contributed by atoms with van der Waals surface area (Å²) < 4.78 is 0. The first kappa shape index (κ1) is 16.7. The molecule has 1 heterocycles. The molecule has 0 bridgehead atoms. The lowest BCUT2D eigenvalue weighted by Gasteiger charge is -2.13. The van der Waals surface area contributed by atoms with E-state index in [1.807, 2.05) is 36.4 Å². The molecule has 0 aliphatic carbocycles. The third kappa shape index (κ3) is 4.23. The van der Waals surface area contributed by atoms with Crippen molar-refractivity contribution in [2.24, 2.45) is 0 Å². The number of amides is 4. The Labute approximate surface area is 145 Å². The molecular weight excluding hydrogens is 318 g/mol. The summed E-state index contributed by atoms with van der Waals surface area (Å²) in [5.41, 5.74) is 1.73. The zero-order chi connectivity index (χ0) is 17.6. The Hall–Kier alpha value is -3.15. The first-order valence-corrected chi connectivity index (χ1v) is 8.14. The smallest absolute Gasteiger partial charge is 0.325 e. The number of aryl methyl sites for hydroxylation is 1. The van der Waals surface area contributed by atoms with Crippen molar-refractivity contribution in [2.75, 3.05) is 11.9 Å². The zero-order valence-corrected chi connectivity index (χ0v) is 13.6. The average molecular weight is 337 g/mol. The Morgan fingerprint density at radius 3 is 2.32 bits per heavy atom. The van der Waals surface area contributed by atoms with E-state index in [4.69, 9.17) is 0 Å². The summed E-state index contributed by atoms with van der Waals surface area (Å²) in [7, 11) is 0. The average Bonchev–Trinajstić information content (AvgIpc) is 2.89. The van der Waals surface area contributed by atoms with Gasteiger partial charge in [-0.15, -0.1) is 0 Å². The van der Waals surface area contributed by atoms with E-state index in [9.17, 15) is 14.4 Å². The van der Waals surface area contributed by atoms with Gasteiger partial charge in [0.2, 0.25) is 5.91 Å². The van der Waals surface area contributed by atoms with Crippen LogP contribution >= 0.6 is 0 Å². The molecule has 4 amide bonds. The lowest BCUT2D eigenvalue weighted by Crippen LogP contribution is -2.38. The normalized spacial score (nSPS) is 16.6. The topological polar surface area (TPSA) is 78.5 Å². The monoisotopic (exact) mass is 337 g/mol. The van der Waals surface area contributed by atoms with Gasteiger partial charge in [-0.25, -0.2) is 4.79 Å². The maximum atomic E-state index is 12.4. The van der Waals surface area contributed by atoms with E-state index >= 15 is 0 Å². The molecule has 0 spiro atoms. The van der Waals surface area contributed by atoms with Crippen molar-refractivity contribution >= 4 is 23.5 Å². The SMILES string of the molecule is O=C(CN1C(=O)N[C@@H](CCc2ccccc2)C1=O)Nc1ccccc1. The number of hydrogen-bond donors (Lipinski definition) is 2. The minimum atomic E-state index is -0.586. The van der Waals surface area contributed by atoms with Gasteiger partial charge in [0.05, 0.1) is 0 Å². The van der Waals surface area contributed by atoms with Crippen LogP contribution in [-0.2, 0) is 16.0 Å². The van der Waals surface area contributed by atoms with Gasteiger partial charge in [0, 0.05) is 5.69 Å². The van der Waals surface area contributed by atoms with E-state index < -0.39 is 18.0 Å². The van der Waals surface area contributed by atoms with E-state index in [0.717, 1.165) is 10.5 Å². The van der Waals surface area contributed by atoms with Gasteiger partial charge >= 0.3 is 6.03 Å². The van der Waals surface area contributed by atoms with E-state index in [1.54, 1.807) is 24.3 Å². The van der Waals surface area contributed by atoms with Crippen LogP contribution in [0, 0.1) is 0 Å². The van der Waals surface area contributed by atoms with Crippen molar-refractivity contribution in [1.82, 2.24) is 10.2 Å². The van der Waals surface area contributed by atoms with Gasteiger partial charge in [-0.1, -0.05) is 48.5 Å². The van der Waals surface area contributed by atoms with Crippen LogP contribution in [0.15, 0.2) is 60.7 Å². The van der Waals surface area contributed by atoms with Crippen molar-refractivity contribution in [2.45, 2.75) is 18.9 Å². The van der Waals surface area contributed by atoms with Crippen LogP contribution < -0.4 is 10.6 Å². The first-order chi connectivity index (χ1) is 12.1. The number of benzene rings is 2. The lowest BCUT2D eigenvalue weighted by atomic mass is 10.1. The number of para-hydroxylation sites is 1. The predicted octanol–water partition coefficient (Wildman–Crippen LogP) is 2.18. The zero-order valence-electron chi connectivity index (χ0n) is 13.6. The molecule has 6 nitrogen and oxygen atoms in total. The number of rotatable bonds is 6. The highest BCUT2D eigenvalue weighted by atomic mass is 16.2. The fourth-order valence-electron chi connectivity index (χ4n) is 2.74. The Bertz CT molecular complexity index is 762. The van der Waals surface area contributed by atoms with E-state index in [-0.39, 0.29) is 12.5 Å². The Balaban J connectivity index is 1.55. The lowest BCUT2D eigenvalue weighted by molar-refractivity contribution is -0.130. The van der Waals surface area contributed by atoms with Gasteiger partial charge in [0.25, 0.3) is 5.91 Å². The summed E-state index contributed by atoms with van der Waals surface area (Å²) >= 11 is 0. The van der Waals surface area contributed by atoms with Gasteiger partial charge in [0.15, 0.2) is 0 Å². The number of urea groups is 1. The first-order valence-electron chi connectivity index (χ1n) is 8.14. The second-order valence-corrected chi connectivity index (χ2v) is 5.86. The molecule has 0 aromatic heterocycles. The van der Waals surface area contributed by atoms with Crippen molar-refractivity contribution in [1.29, 1.82) is 0 Å². The van der Waals surface area contributed by atoms with Gasteiger partial charge in [-0.2, -0.15) is 0 Å². The number of imide groups is 1. The third-order valence-corrected chi connectivity index (χ3v) is 4.03. The van der Waals surface area contributed by atoms with Crippen LogP contribution in [0.5, 0.6) is 0 Å². The predicted molar refractivity (Wildman–Crippen MR) is 93.9 cm³/mol. The largest absolute Gasteiger partial charge is 0.326 e. The number of hydrogen-bond acceptors (Lipinski definition) is 3. The van der Waals surface area contributed by atoms with Gasteiger partial charge < -0.3 is 10.6 Å². The van der Waals surface area contributed by atoms with Crippen LogP contribution in [0.3, 0.4) is 0 Å². The summed E-state index contributed by atoms with van der Waals surface area (Å²) in [6, 6.07) is 17.6. The van der Waals surface area contributed by atoms with Gasteiger partial charge in [-0.05, 0) is 30.5 Å². The van der Waals surface area contributed by atoms with E-state index in [1.165, 1.54) is 0 Å². The molecule has 3 rings (SSSR count). The van der Waals surface area contributed by atoms with Crippen LogP contribution in [0.2, 0.25) is 0 Å². The summed E-state index contributed by atoms with van der Waals surface area (Å²) in [6.45, 7) is -0.290. The van der Waals surface area contributed by atoms with Crippen LogP contribution in [0.4, 0.5) is 10.5 Å². The quantitative estimate of drug-likeness (QED) is 0.793. The molecule has 0 radical (unpaired) electrons. The number of anilines is 1. The molecule has 2 aromatic rings. The second kappa shape index (κ2) is 7.61. The number of nitrogens with zero attached hydrogens (tertiary/aromatic N) is 1. The third-order valence-electron chi connectivity index (χ3n) is 4.03. The molecule has 6 heteroatoms. The second-order valence-electron chi connectivity index (χ2n) is 5.86. The molecule has 2 N–H and O–H groups in total. The molecule has 1 atom stereocenters. The molecule has 2 aromatic carbocycles. The summed E-state index contributed by atoms with van der Waals surface area (Å²) in [6.07, 6.45) is 1.19. The molecule has 1 fully saturated rings. The van der Waals surface area contributed by atoms with Crippen molar-refractivity contribution in [3.63, 3.8) is 0 Å². The molecule has 1 aliphatic rings. The van der Waals surface area contributed by atoms with Crippen LogP contribution in [0.25, 0.3) is 0 Å².